The van der Waals surface area contributed by atoms with E-state index in [1.54, 1.807) is 6.07 Å². The number of benzene rings is 3. The highest BCUT2D eigenvalue weighted by Gasteiger charge is 2.15. The number of hydrogen-bond donors (Lipinski definition) is 0. The highest BCUT2D eigenvalue weighted by atomic mass is 19.2. The van der Waals surface area contributed by atoms with E-state index in [0.717, 1.165) is 10.9 Å². The van der Waals surface area contributed by atoms with Crippen LogP contribution in [0.5, 0.6) is 0 Å². The lowest BCUT2D eigenvalue weighted by Gasteiger charge is -2.22. The molecule has 3 aromatic rings. The van der Waals surface area contributed by atoms with Crippen LogP contribution < -0.4 is 0 Å². The summed E-state index contributed by atoms with van der Waals surface area (Å²) in [5.41, 5.74) is 3.04. The summed E-state index contributed by atoms with van der Waals surface area (Å²) in [6, 6.07) is 16.9. The maximum absolute atomic E-state index is 13.5. The first-order valence-corrected chi connectivity index (χ1v) is 8.70. The van der Waals surface area contributed by atoms with Crippen molar-refractivity contribution in [2.75, 3.05) is 0 Å². The van der Waals surface area contributed by atoms with Crippen LogP contribution in [0.25, 0.3) is 21.9 Å². The Balaban J connectivity index is 1.69. The Kier molecular flexibility index (Phi) is 4.05. The van der Waals surface area contributed by atoms with Gasteiger partial charge in [-0.2, -0.15) is 0 Å². The van der Waals surface area contributed by atoms with Crippen molar-refractivity contribution >= 4 is 10.8 Å². The maximum Gasteiger partial charge on any atom is 0.159 e. The topological polar surface area (TPSA) is 0 Å². The molecule has 24 heavy (non-hydrogen) atoms. The third-order valence-corrected chi connectivity index (χ3v) is 5.19. The smallest absolute Gasteiger partial charge is 0.159 e. The van der Waals surface area contributed by atoms with Gasteiger partial charge in [-0.1, -0.05) is 55.7 Å². The zero-order valence-corrected chi connectivity index (χ0v) is 13.6. The largest absolute Gasteiger partial charge is 0.204 e. The Morgan fingerprint density at radius 3 is 2.08 bits per heavy atom. The molecular weight excluding hydrogens is 302 g/mol. The van der Waals surface area contributed by atoms with Crippen molar-refractivity contribution in [3.8, 4) is 11.1 Å². The fraction of sp³-hybridized carbons (Fsp3) is 0.273. The Morgan fingerprint density at radius 2 is 1.29 bits per heavy atom. The Hall–Kier alpha value is -2.22. The quantitative estimate of drug-likeness (QED) is 0.485. The first kappa shape index (κ1) is 15.3. The van der Waals surface area contributed by atoms with Crippen LogP contribution in [0.15, 0.2) is 54.6 Å². The molecule has 0 atom stereocenters. The summed E-state index contributed by atoms with van der Waals surface area (Å²) in [7, 11) is 0. The number of halogens is 2. The van der Waals surface area contributed by atoms with Crippen LogP contribution >= 0.6 is 0 Å². The van der Waals surface area contributed by atoms with E-state index in [1.165, 1.54) is 55.2 Å². The predicted octanol–water partition coefficient (Wildman–Crippen LogP) is 6.83. The van der Waals surface area contributed by atoms with Gasteiger partial charge in [-0.25, -0.2) is 8.78 Å². The number of rotatable bonds is 2. The normalized spacial score (nSPS) is 15.8. The summed E-state index contributed by atoms with van der Waals surface area (Å²) < 4.78 is 26.6. The molecule has 0 radical (unpaired) electrons. The van der Waals surface area contributed by atoms with Crippen molar-refractivity contribution in [2.45, 2.75) is 38.0 Å². The fourth-order valence-corrected chi connectivity index (χ4v) is 3.81. The second kappa shape index (κ2) is 6.35. The Morgan fingerprint density at radius 1 is 0.625 bits per heavy atom. The predicted molar refractivity (Wildman–Crippen MR) is 95.1 cm³/mol. The van der Waals surface area contributed by atoms with Gasteiger partial charge in [0.05, 0.1) is 0 Å². The molecule has 122 valence electrons. The van der Waals surface area contributed by atoms with Gasteiger partial charge >= 0.3 is 0 Å². The zero-order valence-electron chi connectivity index (χ0n) is 13.6. The molecule has 2 heteroatoms. The minimum Gasteiger partial charge on any atom is -0.204 e. The molecule has 0 bridgehead atoms. The van der Waals surface area contributed by atoms with E-state index in [9.17, 15) is 8.78 Å². The SMILES string of the molecule is Fc1ccc(-c2ccc3cc(C4CCCCC4)ccc3c2)cc1F. The molecule has 4 rings (SSSR count). The monoisotopic (exact) mass is 322 g/mol. The third-order valence-electron chi connectivity index (χ3n) is 5.19. The fourth-order valence-electron chi connectivity index (χ4n) is 3.81. The van der Waals surface area contributed by atoms with E-state index >= 15 is 0 Å². The standard InChI is InChI=1S/C22H20F2/c23-21-11-10-20(14-22(21)24)19-9-8-17-12-16(6-7-18(17)13-19)15-4-2-1-3-5-15/h6-15H,1-5H2. The minimum atomic E-state index is -0.809. The molecule has 1 saturated carbocycles. The van der Waals surface area contributed by atoms with Crippen LogP contribution in [0.4, 0.5) is 8.78 Å². The van der Waals surface area contributed by atoms with E-state index < -0.39 is 11.6 Å². The lowest BCUT2D eigenvalue weighted by atomic mass is 9.83. The molecule has 0 nitrogen and oxygen atoms in total. The molecule has 1 aliphatic carbocycles. The van der Waals surface area contributed by atoms with Crippen LogP contribution in [0.3, 0.4) is 0 Å². The summed E-state index contributed by atoms with van der Waals surface area (Å²) in [6.07, 6.45) is 6.61. The van der Waals surface area contributed by atoms with Gasteiger partial charge < -0.3 is 0 Å². The van der Waals surface area contributed by atoms with E-state index in [2.05, 4.69) is 24.3 Å². The van der Waals surface area contributed by atoms with Crippen LogP contribution in [0, 0.1) is 11.6 Å². The maximum atomic E-state index is 13.5. The zero-order chi connectivity index (χ0) is 16.5. The summed E-state index contributed by atoms with van der Waals surface area (Å²) >= 11 is 0. The second-order valence-corrected chi connectivity index (χ2v) is 6.79. The van der Waals surface area contributed by atoms with Crippen LogP contribution in [0.1, 0.15) is 43.6 Å². The number of fused-ring (bicyclic) bond motifs is 1. The average molecular weight is 322 g/mol. The van der Waals surface area contributed by atoms with Gasteiger partial charge in [0.2, 0.25) is 0 Å². The highest BCUT2D eigenvalue weighted by molar-refractivity contribution is 5.88. The summed E-state index contributed by atoms with van der Waals surface area (Å²) in [5, 5.41) is 2.35. The summed E-state index contributed by atoms with van der Waals surface area (Å²) in [6.45, 7) is 0. The van der Waals surface area contributed by atoms with Gasteiger partial charge in [-0.15, -0.1) is 0 Å². The average Bonchev–Trinajstić information content (AvgIpc) is 2.64. The third kappa shape index (κ3) is 2.93. The lowest BCUT2D eigenvalue weighted by molar-refractivity contribution is 0.444. The van der Waals surface area contributed by atoms with Crippen molar-refractivity contribution in [2.24, 2.45) is 0 Å². The van der Waals surface area contributed by atoms with Crippen LogP contribution in [-0.2, 0) is 0 Å². The molecule has 0 N–H and O–H groups in total. The van der Waals surface area contributed by atoms with Crippen LogP contribution in [-0.4, -0.2) is 0 Å². The van der Waals surface area contributed by atoms with Crippen molar-refractivity contribution in [1.82, 2.24) is 0 Å². The molecule has 1 aliphatic rings. The molecule has 0 spiro atoms. The van der Waals surface area contributed by atoms with E-state index in [-0.39, 0.29) is 0 Å². The second-order valence-electron chi connectivity index (χ2n) is 6.79. The molecule has 0 heterocycles. The van der Waals surface area contributed by atoms with Crippen molar-refractivity contribution in [3.05, 3.63) is 71.8 Å². The Bertz CT molecular complexity index is 876. The first-order valence-electron chi connectivity index (χ1n) is 8.70. The van der Waals surface area contributed by atoms with Crippen molar-refractivity contribution in [3.63, 3.8) is 0 Å². The van der Waals surface area contributed by atoms with Gasteiger partial charge in [-0.3, -0.25) is 0 Å². The molecular formula is C22H20F2. The van der Waals surface area contributed by atoms with E-state index in [4.69, 9.17) is 0 Å². The van der Waals surface area contributed by atoms with Gasteiger partial charge in [0, 0.05) is 0 Å². The molecule has 1 fully saturated rings. The van der Waals surface area contributed by atoms with E-state index in [1.807, 2.05) is 12.1 Å². The molecule has 0 aromatic heterocycles. The van der Waals surface area contributed by atoms with Gasteiger partial charge in [0.25, 0.3) is 0 Å². The lowest BCUT2D eigenvalue weighted by Crippen LogP contribution is -2.04. The van der Waals surface area contributed by atoms with Crippen LogP contribution in [0.2, 0.25) is 0 Å². The molecule has 0 unspecified atom stereocenters. The molecule has 0 aliphatic heterocycles. The summed E-state index contributed by atoms with van der Waals surface area (Å²) in [4.78, 5) is 0. The van der Waals surface area contributed by atoms with Gasteiger partial charge in [0.1, 0.15) is 0 Å². The first-order chi connectivity index (χ1) is 11.7. The molecule has 3 aromatic carbocycles. The summed E-state index contributed by atoms with van der Waals surface area (Å²) in [5.74, 6) is -0.925. The number of hydrogen-bond acceptors (Lipinski definition) is 0. The van der Waals surface area contributed by atoms with Gasteiger partial charge in [-0.05, 0) is 64.4 Å². The minimum absolute atomic E-state index is 0.689. The highest BCUT2D eigenvalue weighted by Crippen LogP contribution is 2.34. The molecule has 0 saturated heterocycles. The molecule has 0 amide bonds. The Labute approximate surface area is 141 Å². The van der Waals surface area contributed by atoms with Crippen molar-refractivity contribution in [1.29, 1.82) is 0 Å². The van der Waals surface area contributed by atoms with Crippen molar-refractivity contribution < 1.29 is 8.78 Å². The van der Waals surface area contributed by atoms with E-state index in [0.29, 0.717) is 11.5 Å². The van der Waals surface area contributed by atoms with Gasteiger partial charge in [0.15, 0.2) is 11.6 Å².